The Morgan fingerprint density at radius 2 is 1.76 bits per heavy atom. The summed E-state index contributed by atoms with van der Waals surface area (Å²) < 4.78 is 0. The molecule has 1 N–H and O–H groups in total. The first-order chi connectivity index (χ1) is 8.26. The summed E-state index contributed by atoms with van der Waals surface area (Å²) in [5, 5.41) is 3.48. The normalized spacial score (nSPS) is 19.7. The maximum atomic E-state index is 3.48. The first-order valence-electron chi connectivity index (χ1n) is 7.03. The minimum Gasteiger partial charge on any atom is -0.313 e. The monoisotopic (exact) mass is 231 g/mol. The lowest BCUT2D eigenvalue weighted by molar-refractivity contribution is 0.239. The zero-order valence-corrected chi connectivity index (χ0v) is 11.4. The second kappa shape index (κ2) is 5.68. The smallest absolute Gasteiger partial charge is 0.0346 e. The number of benzene rings is 1. The first kappa shape index (κ1) is 12.6. The number of rotatable bonds is 5. The molecule has 0 amide bonds. The van der Waals surface area contributed by atoms with E-state index in [1.54, 1.807) is 0 Å². The fourth-order valence-corrected chi connectivity index (χ4v) is 2.72. The highest BCUT2D eigenvalue weighted by Crippen LogP contribution is 2.37. The van der Waals surface area contributed by atoms with Crippen molar-refractivity contribution in [2.75, 3.05) is 7.05 Å². The Hall–Kier alpha value is -0.820. The molecule has 1 aliphatic carbocycles. The van der Waals surface area contributed by atoms with Crippen LogP contribution in [0.3, 0.4) is 0 Å². The molecule has 0 radical (unpaired) electrons. The molecule has 2 rings (SSSR count). The summed E-state index contributed by atoms with van der Waals surface area (Å²) >= 11 is 0. The van der Waals surface area contributed by atoms with Crippen molar-refractivity contribution in [2.24, 2.45) is 5.92 Å². The van der Waals surface area contributed by atoms with E-state index in [0.717, 1.165) is 5.92 Å². The Morgan fingerprint density at radius 3 is 2.18 bits per heavy atom. The third-order valence-electron chi connectivity index (χ3n) is 4.41. The van der Waals surface area contributed by atoms with Gasteiger partial charge in [0.25, 0.3) is 0 Å². The van der Waals surface area contributed by atoms with Gasteiger partial charge in [0.1, 0.15) is 0 Å². The molecule has 1 aromatic carbocycles. The van der Waals surface area contributed by atoms with Crippen LogP contribution in [0.2, 0.25) is 0 Å². The van der Waals surface area contributed by atoms with Crippen LogP contribution in [0.5, 0.6) is 0 Å². The summed E-state index contributed by atoms with van der Waals surface area (Å²) in [6.45, 7) is 4.56. The van der Waals surface area contributed by atoms with Gasteiger partial charge in [0.15, 0.2) is 0 Å². The molecule has 1 nitrogen and oxygen atoms in total. The van der Waals surface area contributed by atoms with E-state index in [2.05, 4.69) is 50.5 Å². The number of hydrogen-bond acceptors (Lipinski definition) is 1. The molecule has 94 valence electrons. The molecule has 0 spiro atoms. The van der Waals surface area contributed by atoms with Gasteiger partial charge in [-0.1, -0.05) is 44.5 Å². The molecule has 17 heavy (non-hydrogen) atoms. The Labute approximate surface area is 106 Å². The third-order valence-corrected chi connectivity index (χ3v) is 4.41. The van der Waals surface area contributed by atoms with Crippen molar-refractivity contribution in [1.29, 1.82) is 0 Å². The molecular weight excluding hydrogens is 206 g/mol. The molecule has 1 fully saturated rings. The van der Waals surface area contributed by atoms with Crippen LogP contribution in [0.25, 0.3) is 0 Å². The molecule has 0 aromatic heterocycles. The standard InChI is InChI=1S/C16H25N/c1-4-12(2)13-8-10-15(11-9-13)16(17-3)14-6-5-7-14/h8-12,14,16-17H,4-7H2,1-3H3. The highest BCUT2D eigenvalue weighted by atomic mass is 14.9. The van der Waals surface area contributed by atoms with Crippen LogP contribution in [-0.4, -0.2) is 7.05 Å². The Kier molecular flexibility index (Phi) is 4.22. The van der Waals surface area contributed by atoms with Crippen LogP contribution in [0, 0.1) is 5.92 Å². The minimum absolute atomic E-state index is 0.565. The van der Waals surface area contributed by atoms with E-state index in [4.69, 9.17) is 0 Å². The van der Waals surface area contributed by atoms with Crippen LogP contribution in [0.15, 0.2) is 24.3 Å². The summed E-state index contributed by atoms with van der Waals surface area (Å²) in [6.07, 6.45) is 5.41. The molecule has 0 aliphatic heterocycles. The van der Waals surface area contributed by atoms with Crippen LogP contribution >= 0.6 is 0 Å². The number of hydrogen-bond donors (Lipinski definition) is 1. The van der Waals surface area contributed by atoms with Gasteiger partial charge < -0.3 is 5.32 Å². The van der Waals surface area contributed by atoms with E-state index in [1.165, 1.54) is 36.8 Å². The van der Waals surface area contributed by atoms with Gasteiger partial charge in [-0.2, -0.15) is 0 Å². The summed E-state index contributed by atoms with van der Waals surface area (Å²) in [4.78, 5) is 0. The molecule has 0 heterocycles. The molecule has 2 unspecified atom stereocenters. The van der Waals surface area contributed by atoms with Gasteiger partial charge in [-0.15, -0.1) is 0 Å². The van der Waals surface area contributed by atoms with Gasteiger partial charge in [0.05, 0.1) is 0 Å². The molecule has 1 saturated carbocycles. The van der Waals surface area contributed by atoms with Crippen molar-refractivity contribution >= 4 is 0 Å². The summed E-state index contributed by atoms with van der Waals surface area (Å²) in [7, 11) is 2.09. The largest absolute Gasteiger partial charge is 0.313 e. The van der Waals surface area contributed by atoms with Crippen molar-refractivity contribution < 1.29 is 0 Å². The van der Waals surface area contributed by atoms with E-state index in [0.29, 0.717) is 12.0 Å². The van der Waals surface area contributed by atoms with Gasteiger partial charge in [0, 0.05) is 6.04 Å². The van der Waals surface area contributed by atoms with E-state index in [-0.39, 0.29) is 0 Å². The maximum absolute atomic E-state index is 3.48. The van der Waals surface area contributed by atoms with Crippen molar-refractivity contribution in [2.45, 2.75) is 51.5 Å². The maximum Gasteiger partial charge on any atom is 0.0346 e. The van der Waals surface area contributed by atoms with Crippen LogP contribution < -0.4 is 5.32 Å². The van der Waals surface area contributed by atoms with E-state index < -0.39 is 0 Å². The molecule has 2 atom stereocenters. The minimum atomic E-state index is 0.565. The molecule has 1 aliphatic rings. The van der Waals surface area contributed by atoms with Crippen molar-refractivity contribution in [3.8, 4) is 0 Å². The van der Waals surface area contributed by atoms with Gasteiger partial charge in [-0.3, -0.25) is 0 Å². The van der Waals surface area contributed by atoms with Gasteiger partial charge in [0.2, 0.25) is 0 Å². The lowest BCUT2D eigenvalue weighted by Gasteiger charge is -2.34. The van der Waals surface area contributed by atoms with Crippen molar-refractivity contribution in [3.05, 3.63) is 35.4 Å². The molecular formula is C16H25N. The van der Waals surface area contributed by atoms with Crippen LogP contribution in [0.1, 0.15) is 62.6 Å². The predicted molar refractivity (Wildman–Crippen MR) is 74.3 cm³/mol. The average molecular weight is 231 g/mol. The summed E-state index contributed by atoms with van der Waals surface area (Å²) in [6, 6.07) is 9.83. The van der Waals surface area contributed by atoms with E-state index in [1.807, 2.05) is 0 Å². The zero-order chi connectivity index (χ0) is 12.3. The molecule has 1 heteroatoms. The molecule has 1 aromatic rings. The second-order valence-electron chi connectivity index (χ2n) is 5.43. The zero-order valence-electron chi connectivity index (χ0n) is 11.4. The summed E-state index contributed by atoms with van der Waals surface area (Å²) in [5.41, 5.74) is 2.93. The third kappa shape index (κ3) is 2.71. The highest BCUT2D eigenvalue weighted by molar-refractivity contribution is 5.27. The van der Waals surface area contributed by atoms with Crippen LogP contribution in [0.4, 0.5) is 0 Å². The summed E-state index contributed by atoms with van der Waals surface area (Å²) in [5.74, 6) is 1.54. The Bertz CT molecular complexity index is 337. The van der Waals surface area contributed by atoms with E-state index >= 15 is 0 Å². The van der Waals surface area contributed by atoms with Gasteiger partial charge >= 0.3 is 0 Å². The van der Waals surface area contributed by atoms with E-state index in [9.17, 15) is 0 Å². The molecule has 0 bridgehead atoms. The van der Waals surface area contributed by atoms with Gasteiger partial charge in [-0.05, 0) is 49.3 Å². The fourth-order valence-electron chi connectivity index (χ4n) is 2.72. The Morgan fingerprint density at radius 1 is 1.18 bits per heavy atom. The van der Waals surface area contributed by atoms with Gasteiger partial charge in [-0.25, -0.2) is 0 Å². The second-order valence-corrected chi connectivity index (χ2v) is 5.43. The first-order valence-corrected chi connectivity index (χ1v) is 7.03. The fraction of sp³-hybridized carbons (Fsp3) is 0.625. The molecule has 0 saturated heterocycles. The quantitative estimate of drug-likeness (QED) is 0.798. The predicted octanol–water partition coefficient (Wildman–Crippen LogP) is 4.26. The Balaban J connectivity index is 2.10. The van der Waals surface area contributed by atoms with Crippen LogP contribution in [-0.2, 0) is 0 Å². The van der Waals surface area contributed by atoms with Crippen molar-refractivity contribution in [1.82, 2.24) is 5.32 Å². The van der Waals surface area contributed by atoms with Crippen molar-refractivity contribution in [3.63, 3.8) is 0 Å². The topological polar surface area (TPSA) is 12.0 Å². The highest BCUT2D eigenvalue weighted by Gasteiger charge is 2.27. The SMILES string of the molecule is CCC(C)c1ccc(C(NC)C2CCC2)cc1. The lowest BCUT2D eigenvalue weighted by Crippen LogP contribution is -2.29. The lowest BCUT2D eigenvalue weighted by atomic mass is 9.77. The average Bonchev–Trinajstić information content (AvgIpc) is 2.32. The number of nitrogens with one attached hydrogen (secondary N) is 1.